The van der Waals surface area contributed by atoms with Gasteiger partial charge in [-0.1, -0.05) is 97.1 Å². The lowest BCUT2D eigenvalue weighted by atomic mass is 9.90. The van der Waals surface area contributed by atoms with Gasteiger partial charge in [-0.05, 0) is 76.9 Å². The number of pyridine rings is 1. The van der Waals surface area contributed by atoms with Crippen LogP contribution in [-0.2, 0) is 0 Å². The molecule has 0 aliphatic carbocycles. The molecule has 0 saturated heterocycles. The summed E-state index contributed by atoms with van der Waals surface area (Å²) in [7, 11) is 0. The SMILES string of the molecule is N#Cc1ccc(-c2nc3cc(-c4ccccc4)c4c5ccccc5nc(-c5ccc(-c6cc(C#N)cc(C#N)c6)cc5)c4c3nc2-c2ccc(C#N)cc2)cc1. The largest absolute Gasteiger partial charge is 0.247 e. The highest BCUT2D eigenvalue weighted by Crippen LogP contribution is 2.44. The second-order valence-corrected chi connectivity index (χ2v) is 13.3. The smallest absolute Gasteiger partial charge is 0.0995 e. The first-order chi connectivity index (χ1) is 27.5. The van der Waals surface area contributed by atoms with Crippen LogP contribution in [0.25, 0.3) is 88.7 Å². The van der Waals surface area contributed by atoms with E-state index < -0.39 is 0 Å². The monoisotopic (exact) mass is 711 g/mol. The molecule has 9 aromatic rings. The standard InChI is InChI=1S/C49H25N7/c50-26-30-10-14-37(15-11-30)47-48(38-16-12-31(27-51)13-17-38)56-49-43(55-47)25-41(35-6-2-1-3-7-35)44-40-8-4-5-9-42(40)54-46(45(44)49)36-20-18-34(19-21-36)39-23-32(28-52)22-33(24-39)29-53/h1-25H. The fourth-order valence-electron chi connectivity index (χ4n) is 7.27. The van der Waals surface area contributed by atoms with Gasteiger partial charge in [0.2, 0.25) is 0 Å². The first kappa shape index (κ1) is 33.4. The summed E-state index contributed by atoms with van der Waals surface area (Å²) in [6.07, 6.45) is 0. The Bertz CT molecular complexity index is 3160. The van der Waals surface area contributed by atoms with Crippen LogP contribution in [0.2, 0.25) is 0 Å². The van der Waals surface area contributed by atoms with Crippen LogP contribution in [-0.4, -0.2) is 15.0 Å². The molecule has 0 radical (unpaired) electrons. The van der Waals surface area contributed by atoms with Gasteiger partial charge in [-0.25, -0.2) is 15.0 Å². The maximum Gasteiger partial charge on any atom is 0.0995 e. The molecule has 7 heteroatoms. The first-order valence-corrected chi connectivity index (χ1v) is 17.7. The van der Waals surface area contributed by atoms with Crippen LogP contribution < -0.4 is 0 Å². The van der Waals surface area contributed by atoms with Crippen LogP contribution in [0.15, 0.2) is 152 Å². The Morgan fingerprint density at radius 2 is 0.839 bits per heavy atom. The predicted octanol–water partition coefficient (Wildman–Crippen LogP) is 11.2. The van der Waals surface area contributed by atoms with E-state index in [4.69, 9.17) is 15.0 Å². The molecule has 0 fully saturated rings. The highest BCUT2D eigenvalue weighted by Gasteiger charge is 2.22. The molecule has 0 amide bonds. The zero-order chi connectivity index (χ0) is 38.2. The number of rotatable bonds is 5. The van der Waals surface area contributed by atoms with E-state index in [9.17, 15) is 21.0 Å². The third-order valence-corrected chi connectivity index (χ3v) is 9.94. The molecular weight excluding hydrogens is 687 g/mol. The average molecular weight is 712 g/mol. The Balaban J connectivity index is 1.39. The van der Waals surface area contributed by atoms with Crippen molar-refractivity contribution < 1.29 is 0 Å². The highest BCUT2D eigenvalue weighted by atomic mass is 14.8. The minimum absolute atomic E-state index is 0.419. The Kier molecular flexibility index (Phi) is 8.23. The summed E-state index contributed by atoms with van der Waals surface area (Å²) in [5.74, 6) is 0. The van der Waals surface area contributed by atoms with Crippen molar-refractivity contribution in [2.24, 2.45) is 0 Å². The molecule has 0 saturated carbocycles. The fraction of sp³-hybridized carbons (Fsp3) is 0. The van der Waals surface area contributed by atoms with Crippen LogP contribution >= 0.6 is 0 Å². The van der Waals surface area contributed by atoms with Crippen LogP contribution in [0, 0.1) is 45.3 Å². The fourth-order valence-corrected chi connectivity index (χ4v) is 7.27. The molecule has 0 aliphatic heterocycles. The molecule has 0 aliphatic rings. The quantitative estimate of drug-likeness (QED) is 0.162. The second-order valence-electron chi connectivity index (χ2n) is 13.3. The van der Waals surface area contributed by atoms with E-state index in [0.717, 1.165) is 66.3 Å². The summed E-state index contributed by atoms with van der Waals surface area (Å²) in [4.78, 5) is 16.2. The van der Waals surface area contributed by atoms with Crippen molar-refractivity contribution in [3.63, 3.8) is 0 Å². The first-order valence-electron chi connectivity index (χ1n) is 17.7. The van der Waals surface area contributed by atoms with Gasteiger partial charge in [0.05, 0.1) is 80.2 Å². The summed E-state index contributed by atoms with van der Waals surface area (Å²) in [5, 5.41) is 41.1. The summed E-state index contributed by atoms with van der Waals surface area (Å²) in [6, 6.07) is 56.9. The molecule has 9 rings (SSSR count). The van der Waals surface area contributed by atoms with Crippen molar-refractivity contribution in [2.75, 3.05) is 0 Å². The van der Waals surface area contributed by atoms with E-state index in [1.165, 1.54) is 0 Å². The molecule has 0 atom stereocenters. The summed E-state index contributed by atoms with van der Waals surface area (Å²) >= 11 is 0. The van der Waals surface area contributed by atoms with Gasteiger partial charge in [0.15, 0.2) is 0 Å². The molecule has 0 N–H and O–H groups in total. The molecule has 0 bridgehead atoms. The Hall–Kier alpha value is -8.49. The third kappa shape index (κ3) is 5.82. The summed E-state index contributed by atoms with van der Waals surface area (Å²) in [6.45, 7) is 0. The topological polar surface area (TPSA) is 134 Å². The van der Waals surface area contributed by atoms with Gasteiger partial charge in [-0.15, -0.1) is 0 Å². The molecule has 7 aromatic carbocycles. The maximum absolute atomic E-state index is 9.62. The number of nitrogens with zero attached hydrogens (tertiary/aromatic N) is 7. The van der Waals surface area contributed by atoms with Gasteiger partial charge in [0, 0.05) is 32.8 Å². The predicted molar refractivity (Wildman–Crippen MR) is 218 cm³/mol. The van der Waals surface area contributed by atoms with Gasteiger partial charge >= 0.3 is 0 Å². The normalized spacial score (nSPS) is 10.8. The van der Waals surface area contributed by atoms with E-state index in [2.05, 4.69) is 48.5 Å². The molecule has 2 aromatic heterocycles. The van der Waals surface area contributed by atoms with Crippen LogP contribution in [0.4, 0.5) is 0 Å². The molecule has 0 unspecified atom stereocenters. The minimum atomic E-state index is 0.419. The second kappa shape index (κ2) is 13.8. The molecule has 256 valence electrons. The van der Waals surface area contributed by atoms with Crippen molar-refractivity contribution >= 4 is 32.7 Å². The van der Waals surface area contributed by atoms with Crippen molar-refractivity contribution in [2.45, 2.75) is 0 Å². The number of nitriles is 4. The third-order valence-electron chi connectivity index (χ3n) is 9.94. The molecule has 0 spiro atoms. The van der Waals surface area contributed by atoms with Gasteiger partial charge in [-0.3, -0.25) is 0 Å². The summed E-state index contributed by atoms with van der Waals surface area (Å²) < 4.78 is 0. The number of benzene rings is 7. The van der Waals surface area contributed by atoms with Crippen molar-refractivity contribution in [3.8, 4) is 80.3 Å². The zero-order valence-electron chi connectivity index (χ0n) is 29.6. The van der Waals surface area contributed by atoms with E-state index in [1.54, 1.807) is 42.5 Å². The lowest BCUT2D eigenvalue weighted by Gasteiger charge is -2.18. The number of aromatic nitrogens is 3. The van der Waals surface area contributed by atoms with Gasteiger partial charge in [-0.2, -0.15) is 21.0 Å². The van der Waals surface area contributed by atoms with Gasteiger partial charge < -0.3 is 0 Å². The molecular formula is C49H25N7. The molecule has 56 heavy (non-hydrogen) atoms. The Labute approximate surface area is 321 Å². The Morgan fingerprint density at radius 1 is 0.339 bits per heavy atom. The Morgan fingerprint density at radius 3 is 1.45 bits per heavy atom. The van der Waals surface area contributed by atoms with Crippen molar-refractivity contribution in [1.29, 1.82) is 21.0 Å². The van der Waals surface area contributed by atoms with Gasteiger partial charge in [0.25, 0.3) is 0 Å². The number of hydrogen-bond acceptors (Lipinski definition) is 7. The van der Waals surface area contributed by atoms with E-state index in [1.807, 2.05) is 84.9 Å². The van der Waals surface area contributed by atoms with Crippen molar-refractivity contribution in [3.05, 3.63) is 174 Å². The summed E-state index contributed by atoms with van der Waals surface area (Å²) in [5.41, 5.74) is 12.1. The van der Waals surface area contributed by atoms with E-state index in [-0.39, 0.29) is 0 Å². The van der Waals surface area contributed by atoms with E-state index >= 15 is 0 Å². The number of fused-ring (bicyclic) bond motifs is 5. The maximum atomic E-state index is 9.62. The van der Waals surface area contributed by atoms with Crippen LogP contribution in [0.1, 0.15) is 22.3 Å². The van der Waals surface area contributed by atoms with Gasteiger partial charge in [0.1, 0.15) is 0 Å². The number of para-hydroxylation sites is 1. The molecule has 2 heterocycles. The number of hydrogen-bond donors (Lipinski definition) is 0. The van der Waals surface area contributed by atoms with Crippen molar-refractivity contribution in [1.82, 2.24) is 15.0 Å². The van der Waals surface area contributed by atoms with Crippen LogP contribution in [0.3, 0.4) is 0 Å². The van der Waals surface area contributed by atoms with E-state index in [0.29, 0.717) is 44.7 Å². The van der Waals surface area contributed by atoms with Crippen LogP contribution in [0.5, 0.6) is 0 Å². The molecule has 7 nitrogen and oxygen atoms in total. The lowest BCUT2D eigenvalue weighted by molar-refractivity contribution is 1.29. The minimum Gasteiger partial charge on any atom is -0.247 e. The lowest BCUT2D eigenvalue weighted by Crippen LogP contribution is -2.00. The average Bonchev–Trinajstić information content (AvgIpc) is 3.28. The zero-order valence-corrected chi connectivity index (χ0v) is 29.6. The highest BCUT2D eigenvalue weighted by molar-refractivity contribution is 6.25.